The molecule has 2 N–H and O–H groups in total. The Labute approximate surface area is 156 Å². The van der Waals surface area contributed by atoms with Crippen molar-refractivity contribution in [2.75, 3.05) is 26.2 Å². The Morgan fingerprint density at radius 3 is 2.48 bits per heavy atom. The molecule has 4 rings (SSSR count). The second-order valence-corrected chi connectivity index (χ2v) is 10.3. The van der Waals surface area contributed by atoms with Gasteiger partial charge in [-0.2, -0.15) is 0 Å². The third-order valence-electron chi connectivity index (χ3n) is 6.58. The maximum atomic E-state index is 13.0. The molecule has 2 saturated heterocycles. The van der Waals surface area contributed by atoms with Crippen LogP contribution in [0, 0.1) is 11.3 Å². The van der Waals surface area contributed by atoms with Gasteiger partial charge in [0, 0.05) is 25.7 Å². The monoisotopic (exact) mass is 391 g/mol. The minimum Gasteiger partial charge on any atom is -0.353 e. The van der Waals surface area contributed by atoms with Gasteiger partial charge in [0.05, 0.1) is 10.7 Å². The molecular formula is C17H30ClN3O3S. The van der Waals surface area contributed by atoms with Crippen molar-refractivity contribution in [3.63, 3.8) is 0 Å². The maximum absolute atomic E-state index is 13.0. The van der Waals surface area contributed by atoms with Gasteiger partial charge in [-0.3, -0.25) is 4.79 Å². The smallest absolute Gasteiger partial charge is 0.228 e. The van der Waals surface area contributed by atoms with Gasteiger partial charge in [0.1, 0.15) is 0 Å². The van der Waals surface area contributed by atoms with Crippen LogP contribution in [0.25, 0.3) is 0 Å². The number of amides is 1. The molecule has 2 atom stereocenters. The van der Waals surface area contributed by atoms with E-state index in [1.807, 2.05) is 0 Å². The molecule has 8 heteroatoms. The number of rotatable bonds is 4. The highest BCUT2D eigenvalue weighted by molar-refractivity contribution is 7.90. The predicted molar refractivity (Wildman–Crippen MR) is 99.2 cm³/mol. The van der Waals surface area contributed by atoms with Gasteiger partial charge in [0.15, 0.2) is 0 Å². The van der Waals surface area contributed by atoms with E-state index in [4.69, 9.17) is 0 Å². The Bertz CT molecular complexity index is 602. The number of carbonyl (C=O) groups is 1. The number of halogens is 1. The quantitative estimate of drug-likeness (QED) is 0.756. The summed E-state index contributed by atoms with van der Waals surface area (Å²) in [6.45, 7) is 2.88. The molecule has 0 bridgehead atoms. The molecule has 2 heterocycles. The molecule has 2 aliphatic heterocycles. The van der Waals surface area contributed by atoms with Gasteiger partial charge in [-0.25, -0.2) is 12.7 Å². The molecule has 0 radical (unpaired) electrons. The van der Waals surface area contributed by atoms with Crippen LogP contribution >= 0.6 is 12.4 Å². The molecule has 0 aromatic heterocycles. The highest BCUT2D eigenvalue weighted by Gasteiger charge is 2.50. The van der Waals surface area contributed by atoms with Crippen LogP contribution in [0.5, 0.6) is 0 Å². The molecule has 4 aliphatic rings. The maximum Gasteiger partial charge on any atom is 0.228 e. The molecule has 4 fully saturated rings. The van der Waals surface area contributed by atoms with Crippen LogP contribution in [0.15, 0.2) is 0 Å². The van der Waals surface area contributed by atoms with Crippen LogP contribution < -0.4 is 10.6 Å². The highest BCUT2D eigenvalue weighted by atomic mass is 35.5. The van der Waals surface area contributed by atoms with E-state index < -0.39 is 10.0 Å². The van der Waals surface area contributed by atoms with Gasteiger partial charge < -0.3 is 10.6 Å². The first-order valence-electron chi connectivity index (χ1n) is 9.53. The number of piperidine rings is 1. The van der Waals surface area contributed by atoms with E-state index in [0.717, 1.165) is 58.0 Å². The SMILES string of the molecule is Cl.O=C(NC1CCN(S(=O)(=O)C2CC2)CC1)[C@@]12CCCC[C@H]1CNC2. The van der Waals surface area contributed by atoms with Crippen LogP contribution in [0.4, 0.5) is 0 Å². The van der Waals surface area contributed by atoms with Crippen LogP contribution in [0.3, 0.4) is 0 Å². The summed E-state index contributed by atoms with van der Waals surface area (Å²) in [5.41, 5.74) is -0.213. The highest BCUT2D eigenvalue weighted by Crippen LogP contribution is 2.44. The van der Waals surface area contributed by atoms with Gasteiger partial charge in [0.2, 0.25) is 15.9 Å². The predicted octanol–water partition coefficient (Wildman–Crippen LogP) is 1.26. The lowest BCUT2D eigenvalue weighted by Crippen LogP contribution is -2.53. The standard InChI is InChI=1S/C17H29N3O3S.ClH/c21-16(17-8-2-1-3-13(17)11-18-12-17)19-14-6-9-20(10-7-14)24(22,23)15-4-5-15;/h13-15,18H,1-12H2,(H,19,21);1H/t13-,17+;/m0./s1. The number of nitrogens with one attached hydrogen (secondary N) is 2. The zero-order chi connectivity index (χ0) is 16.8. The fraction of sp³-hybridized carbons (Fsp3) is 0.941. The summed E-state index contributed by atoms with van der Waals surface area (Å²) in [5.74, 6) is 0.683. The number of fused-ring (bicyclic) bond motifs is 1. The molecule has 144 valence electrons. The van der Waals surface area contributed by atoms with Crippen molar-refractivity contribution in [2.24, 2.45) is 11.3 Å². The van der Waals surface area contributed by atoms with E-state index in [1.54, 1.807) is 4.31 Å². The summed E-state index contributed by atoms with van der Waals surface area (Å²) in [4.78, 5) is 13.0. The second-order valence-electron chi connectivity index (χ2n) is 8.12. The third-order valence-corrected chi connectivity index (χ3v) is 8.98. The Morgan fingerprint density at radius 1 is 1.08 bits per heavy atom. The molecule has 0 spiro atoms. The number of hydrogen-bond donors (Lipinski definition) is 2. The molecule has 2 saturated carbocycles. The Balaban J connectivity index is 0.00000182. The molecule has 0 aromatic rings. The van der Waals surface area contributed by atoms with E-state index in [-0.39, 0.29) is 35.0 Å². The molecule has 6 nitrogen and oxygen atoms in total. The Hall–Kier alpha value is -0.370. The second kappa shape index (κ2) is 7.33. The summed E-state index contributed by atoms with van der Waals surface area (Å²) in [5, 5.41) is 6.56. The van der Waals surface area contributed by atoms with Crippen molar-refractivity contribution >= 4 is 28.3 Å². The fourth-order valence-electron chi connectivity index (χ4n) is 4.85. The average Bonchev–Trinajstić information content (AvgIpc) is 3.35. The lowest BCUT2D eigenvalue weighted by Gasteiger charge is -2.39. The molecule has 0 aromatic carbocycles. The van der Waals surface area contributed by atoms with E-state index in [0.29, 0.717) is 19.0 Å². The summed E-state index contributed by atoms with van der Waals surface area (Å²) < 4.78 is 26.3. The molecule has 0 unspecified atom stereocenters. The normalized spacial score (nSPS) is 34.2. The van der Waals surface area contributed by atoms with E-state index in [1.165, 1.54) is 6.42 Å². The molecule has 1 amide bonds. The summed E-state index contributed by atoms with van der Waals surface area (Å²) in [6.07, 6.45) is 7.63. The zero-order valence-corrected chi connectivity index (χ0v) is 16.3. The van der Waals surface area contributed by atoms with Crippen LogP contribution in [-0.4, -0.2) is 56.1 Å². The van der Waals surface area contributed by atoms with Gasteiger partial charge in [-0.05, 0) is 51.0 Å². The minimum absolute atomic E-state index is 0. The van der Waals surface area contributed by atoms with Gasteiger partial charge in [-0.15, -0.1) is 12.4 Å². The number of carbonyl (C=O) groups excluding carboxylic acids is 1. The van der Waals surface area contributed by atoms with Crippen molar-refractivity contribution in [3.8, 4) is 0 Å². The third kappa shape index (κ3) is 3.57. The number of hydrogen-bond acceptors (Lipinski definition) is 4. The van der Waals surface area contributed by atoms with Crippen LogP contribution in [-0.2, 0) is 14.8 Å². The summed E-state index contributed by atoms with van der Waals surface area (Å²) >= 11 is 0. The number of sulfonamides is 1. The van der Waals surface area contributed by atoms with Gasteiger partial charge >= 0.3 is 0 Å². The van der Waals surface area contributed by atoms with E-state index in [9.17, 15) is 13.2 Å². The largest absolute Gasteiger partial charge is 0.353 e. The van der Waals surface area contributed by atoms with E-state index >= 15 is 0 Å². The van der Waals surface area contributed by atoms with Crippen molar-refractivity contribution in [1.29, 1.82) is 0 Å². The van der Waals surface area contributed by atoms with Crippen molar-refractivity contribution in [2.45, 2.75) is 62.7 Å². The zero-order valence-electron chi connectivity index (χ0n) is 14.7. The van der Waals surface area contributed by atoms with Crippen molar-refractivity contribution < 1.29 is 13.2 Å². The first kappa shape index (κ1) is 19.4. The molecular weight excluding hydrogens is 362 g/mol. The Kier molecular flexibility index (Phi) is 5.69. The topological polar surface area (TPSA) is 78.5 Å². The lowest BCUT2D eigenvalue weighted by atomic mass is 9.67. The van der Waals surface area contributed by atoms with Gasteiger partial charge in [0.25, 0.3) is 0 Å². The molecule has 2 aliphatic carbocycles. The first-order chi connectivity index (χ1) is 11.5. The minimum atomic E-state index is -3.07. The van der Waals surface area contributed by atoms with Crippen molar-refractivity contribution in [3.05, 3.63) is 0 Å². The lowest BCUT2D eigenvalue weighted by molar-refractivity contribution is -0.135. The summed E-state index contributed by atoms with van der Waals surface area (Å²) in [7, 11) is -3.07. The molecule has 25 heavy (non-hydrogen) atoms. The number of nitrogens with zero attached hydrogens (tertiary/aromatic N) is 1. The fourth-order valence-corrected chi connectivity index (χ4v) is 6.72. The Morgan fingerprint density at radius 2 is 1.80 bits per heavy atom. The van der Waals surface area contributed by atoms with Gasteiger partial charge in [-0.1, -0.05) is 12.8 Å². The van der Waals surface area contributed by atoms with E-state index in [2.05, 4.69) is 10.6 Å². The first-order valence-corrected chi connectivity index (χ1v) is 11.0. The average molecular weight is 392 g/mol. The van der Waals surface area contributed by atoms with Crippen molar-refractivity contribution in [1.82, 2.24) is 14.9 Å². The van der Waals surface area contributed by atoms with Crippen LogP contribution in [0.2, 0.25) is 0 Å². The van der Waals surface area contributed by atoms with Crippen LogP contribution in [0.1, 0.15) is 51.4 Å². The summed E-state index contributed by atoms with van der Waals surface area (Å²) in [6, 6.07) is 0.126.